The topological polar surface area (TPSA) is 43.8 Å². The van der Waals surface area contributed by atoms with E-state index in [2.05, 4.69) is 4.90 Å². The van der Waals surface area contributed by atoms with Gasteiger partial charge in [0.25, 0.3) is 5.91 Å². The fraction of sp³-hybridized carbons (Fsp3) is 0.533. The molecular formula is C15H19FN2O2. The van der Waals surface area contributed by atoms with Gasteiger partial charge in [-0.2, -0.15) is 0 Å². The Balaban J connectivity index is 1.69. The van der Waals surface area contributed by atoms with Crippen molar-refractivity contribution in [2.75, 3.05) is 26.2 Å². The second kappa shape index (κ2) is 5.50. The van der Waals surface area contributed by atoms with Gasteiger partial charge in [0.1, 0.15) is 5.82 Å². The molecule has 0 aliphatic carbocycles. The summed E-state index contributed by atoms with van der Waals surface area (Å²) in [5.74, 6) is -0.483. The summed E-state index contributed by atoms with van der Waals surface area (Å²) >= 11 is 0. The van der Waals surface area contributed by atoms with Crippen molar-refractivity contribution in [2.24, 2.45) is 0 Å². The molecule has 5 heteroatoms. The van der Waals surface area contributed by atoms with Crippen LogP contribution in [0, 0.1) is 5.82 Å². The quantitative estimate of drug-likeness (QED) is 0.881. The second-order valence-corrected chi connectivity index (χ2v) is 5.59. The Labute approximate surface area is 117 Å². The Morgan fingerprint density at radius 2 is 1.80 bits per heavy atom. The smallest absolute Gasteiger partial charge is 0.254 e. The maximum atomic E-state index is 12.9. The number of aliphatic hydroxyl groups excluding tert-OH is 1. The van der Waals surface area contributed by atoms with E-state index in [-0.39, 0.29) is 17.8 Å². The van der Waals surface area contributed by atoms with E-state index >= 15 is 0 Å². The highest BCUT2D eigenvalue weighted by Gasteiger charge is 2.38. The molecule has 0 spiro atoms. The molecule has 1 aromatic carbocycles. The first-order valence-electron chi connectivity index (χ1n) is 7.12. The van der Waals surface area contributed by atoms with E-state index < -0.39 is 6.10 Å². The van der Waals surface area contributed by atoms with Crippen LogP contribution in [0.2, 0.25) is 0 Å². The largest absolute Gasteiger partial charge is 0.390 e. The third-order valence-electron chi connectivity index (χ3n) is 4.25. The lowest BCUT2D eigenvalue weighted by Crippen LogP contribution is -2.41. The van der Waals surface area contributed by atoms with E-state index in [1.54, 1.807) is 4.90 Å². The molecule has 0 unspecified atom stereocenters. The van der Waals surface area contributed by atoms with Crippen LogP contribution in [0.25, 0.3) is 0 Å². The summed E-state index contributed by atoms with van der Waals surface area (Å²) in [6.07, 6.45) is 1.84. The van der Waals surface area contributed by atoms with Crippen molar-refractivity contribution >= 4 is 5.91 Å². The van der Waals surface area contributed by atoms with Crippen molar-refractivity contribution in [3.05, 3.63) is 35.6 Å². The monoisotopic (exact) mass is 278 g/mol. The van der Waals surface area contributed by atoms with Crippen LogP contribution in [0.15, 0.2) is 24.3 Å². The van der Waals surface area contributed by atoms with E-state index in [0.29, 0.717) is 18.7 Å². The molecule has 0 bridgehead atoms. The Kier molecular flexibility index (Phi) is 3.72. The maximum Gasteiger partial charge on any atom is 0.254 e. The Hall–Kier alpha value is -1.46. The second-order valence-electron chi connectivity index (χ2n) is 5.59. The highest BCUT2D eigenvalue weighted by molar-refractivity contribution is 5.94. The van der Waals surface area contributed by atoms with Crippen LogP contribution in [0.1, 0.15) is 23.2 Å². The van der Waals surface area contributed by atoms with Gasteiger partial charge in [-0.1, -0.05) is 0 Å². The summed E-state index contributed by atoms with van der Waals surface area (Å²) in [5, 5.41) is 10.2. The number of carbonyl (C=O) groups is 1. The highest BCUT2D eigenvalue weighted by Crippen LogP contribution is 2.22. The maximum absolute atomic E-state index is 12.9. The molecule has 2 atom stereocenters. The Morgan fingerprint density at radius 3 is 2.45 bits per heavy atom. The van der Waals surface area contributed by atoms with E-state index in [4.69, 9.17) is 0 Å². The Bertz CT molecular complexity index is 485. The third-order valence-corrected chi connectivity index (χ3v) is 4.25. The zero-order chi connectivity index (χ0) is 14.1. The molecule has 3 rings (SSSR count). The van der Waals surface area contributed by atoms with Gasteiger partial charge in [0.15, 0.2) is 0 Å². The Morgan fingerprint density at radius 1 is 1.15 bits per heavy atom. The van der Waals surface area contributed by atoms with E-state index in [1.165, 1.54) is 24.3 Å². The SMILES string of the molecule is O=C(c1ccc(F)cc1)N1C[C@@H](O)[C@H](N2CCCC2)C1. The van der Waals surface area contributed by atoms with Crippen LogP contribution in [0.5, 0.6) is 0 Å². The van der Waals surface area contributed by atoms with Crippen LogP contribution in [-0.2, 0) is 0 Å². The van der Waals surface area contributed by atoms with Crippen LogP contribution >= 0.6 is 0 Å². The fourth-order valence-corrected chi connectivity index (χ4v) is 3.14. The molecule has 2 aliphatic rings. The normalized spacial score (nSPS) is 27.2. The molecule has 0 aromatic heterocycles. The molecule has 108 valence electrons. The van der Waals surface area contributed by atoms with Gasteiger partial charge in [0.2, 0.25) is 0 Å². The molecule has 0 radical (unpaired) electrons. The molecule has 2 aliphatic heterocycles. The average molecular weight is 278 g/mol. The van der Waals surface area contributed by atoms with Crippen molar-refractivity contribution in [1.29, 1.82) is 0 Å². The molecule has 1 aromatic rings. The van der Waals surface area contributed by atoms with Crippen LogP contribution in [0.4, 0.5) is 4.39 Å². The fourth-order valence-electron chi connectivity index (χ4n) is 3.14. The summed E-state index contributed by atoms with van der Waals surface area (Å²) in [5.41, 5.74) is 0.473. The van der Waals surface area contributed by atoms with Crippen molar-refractivity contribution in [3.63, 3.8) is 0 Å². The molecule has 2 saturated heterocycles. The van der Waals surface area contributed by atoms with Gasteiger partial charge < -0.3 is 10.0 Å². The molecule has 0 saturated carbocycles. The molecule has 2 fully saturated rings. The zero-order valence-electron chi connectivity index (χ0n) is 11.3. The van der Waals surface area contributed by atoms with Gasteiger partial charge in [0.05, 0.1) is 12.1 Å². The molecule has 2 heterocycles. The number of hydrogen-bond donors (Lipinski definition) is 1. The van der Waals surface area contributed by atoms with Gasteiger partial charge >= 0.3 is 0 Å². The molecule has 20 heavy (non-hydrogen) atoms. The average Bonchev–Trinajstić information content (AvgIpc) is 3.07. The summed E-state index contributed by atoms with van der Waals surface area (Å²) in [6.45, 7) is 2.91. The van der Waals surface area contributed by atoms with Gasteiger partial charge in [-0.05, 0) is 50.2 Å². The number of likely N-dealkylation sites (tertiary alicyclic amines) is 2. The number of β-amino-alcohol motifs (C(OH)–C–C–N with tert-alkyl or cyclic N) is 1. The first-order valence-corrected chi connectivity index (χ1v) is 7.12. The summed E-state index contributed by atoms with van der Waals surface area (Å²) < 4.78 is 12.9. The standard InChI is InChI=1S/C15H19FN2O2/c16-12-5-3-11(4-6-12)15(20)18-9-13(14(19)10-18)17-7-1-2-8-17/h3-6,13-14,19H,1-2,7-10H2/t13-,14-/m1/s1. The van der Waals surface area contributed by atoms with Gasteiger partial charge in [0, 0.05) is 18.7 Å². The molecule has 1 N–H and O–H groups in total. The molecular weight excluding hydrogens is 259 g/mol. The number of carbonyl (C=O) groups excluding carboxylic acids is 1. The number of benzene rings is 1. The van der Waals surface area contributed by atoms with E-state index in [0.717, 1.165) is 25.9 Å². The minimum atomic E-state index is -0.488. The number of halogens is 1. The number of amides is 1. The van der Waals surface area contributed by atoms with Crippen molar-refractivity contribution < 1.29 is 14.3 Å². The minimum Gasteiger partial charge on any atom is -0.390 e. The molecule has 1 amide bonds. The number of aliphatic hydroxyl groups is 1. The first kappa shape index (κ1) is 13.5. The number of nitrogens with zero attached hydrogens (tertiary/aromatic N) is 2. The van der Waals surface area contributed by atoms with Crippen LogP contribution in [0.3, 0.4) is 0 Å². The summed E-state index contributed by atoms with van der Waals surface area (Å²) in [4.78, 5) is 16.3. The van der Waals surface area contributed by atoms with Crippen LogP contribution < -0.4 is 0 Å². The lowest BCUT2D eigenvalue weighted by Gasteiger charge is -2.25. The summed E-state index contributed by atoms with van der Waals surface area (Å²) in [7, 11) is 0. The third kappa shape index (κ3) is 2.55. The predicted octanol–water partition coefficient (Wildman–Crippen LogP) is 1.11. The highest BCUT2D eigenvalue weighted by atomic mass is 19.1. The van der Waals surface area contributed by atoms with E-state index in [9.17, 15) is 14.3 Å². The van der Waals surface area contributed by atoms with Crippen molar-refractivity contribution in [1.82, 2.24) is 9.80 Å². The molecule has 4 nitrogen and oxygen atoms in total. The van der Waals surface area contributed by atoms with Gasteiger partial charge in [-0.3, -0.25) is 9.69 Å². The first-order chi connectivity index (χ1) is 9.65. The number of rotatable bonds is 2. The zero-order valence-corrected chi connectivity index (χ0v) is 11.3. The van der Waals surface area contributed by atoms with Gasteiger partial charge in [-0.25, -0.2) is 4.39 Å². The lowest BCUT2D eigenvalue weighted by molar-refractivity contribution is 0.0763. The minimum absolute atomic E-state index is 0.0434. The van der Waals surface area contributed by atoms with E-state index in [1.807, 2.05) is 0 Å². The summed E-state index contributed by atoms with van der Waals surface area (Å²) in [6, 6.07) is 5.61. The predicted molar refractivity (Wildman–Crippen MR) is 72.9 cm³/mol. The lowest BCUT2D eigenvalue weighted by atomic mass is 10.2. The van der Waals surface area contributed by atoms with Gasteiger partial charge in [-0.15, -0.1) is 0 Å². The van der Waals surface area contributed by atoms with Crippen molar-refractivity contribution in [2.45, 2.75) is 25.0 Å². The number of hydrogen-bond acceptors (Lipinski definition) is 3. The van der Waals surface area contributed by atoms with Crippen LogP contribution in [-0.4, -0.2) is 59.1 Å². The van der Waals surface area contributed by atoms with Crippen molar-refractivity contribution in [3.8, 4) is 0 Å².